The highest BCUT2D eigenvalue weighted by molar-refractivity contribution is 7.79. The van der Waals surface area contributed by atoms with Crippen LogP contribution in [0.15, 0.2) is 0 Å². The van der Waals surface area contributed by atoms with Gasteiger partial charge in [-0.1, -0.05) is 0 Å². The molecule has 0 spiro atoms. The minimum Gasteiger partial charge on any atom is -0.302 e. The Hall–Kier alpha value is -0.0300. The minimum atomic E-state index is -4.22. The molecule has 0 fully saturated rings. The van der Waals surface area contributed by atoms with E-state index in [2.05, 4.69) is 0 Å². The van der Waals surface area contributed by atoms with Crippen LogP contribution in [0.25, 0.3) is 0 Å². The maximum absolute atomic E-state index is 11.0. The van der Waals surface area contributed by atoms with Crippen molar-refractivity contribution < 1.29 is 18.9 Å². The summed E-state index contributed by atoms with van der Waals surface area (Å²) in [6, 6.07) is 0. The highest BCUT2D eigenvalue weighted by Gasteiger charge is 2.06. The summed E-state index contributed by atoms with van der Waals surface area (Å²) in [4.78, 5) is 0. The highest BCUT2D eigenvalue weighted by Crippen LogP contribution is 1.93. The normalized spacial score (nSPS) is 19.5. The molecule has 0 aliphatic heterocycles. The molecule has 0 aliphatic rings. The van der Waals surface area contributed by atoms with Gasteiger partial charge in [0.2, 0.25) is 11.1 Å². The molecule has 1 N–H and O–H groups in total. The van der Waals surface area contributed by atoms with E-state index in [1.807, 2.05) is 0 Å². The van der Waals surface area contributed by atoms with E-state index in [1.165, 1.54) is 0 Å². The summed E-state index contributed by atoms with van der Waals surface area (Å²) in [5.41, 5.74) is -4.22. The smallest absolute Gasteiger partial charge is 0.302 e. The molecule has 0 amide bonds. The third kappa shape index (κ3) is 2.22. The molecular formula is CH2F2O2S. The summed E-state index contributed by atoms with van der Waals surface area (Å²) < 4.78 is 44.0. The van der Waals surface area contributed by atoms with Gasteiger partial charge in [-0.15, -0.1) is 0 Å². The fourth-order valence-electron chi connectivity index (χ4n) is 0. The Labute approximate surface area is 36.9 Å². The Morgan fingerprint density at radius 2 is 2.17 bits per heavy atom. The lowest BCUT2D eigenvalue weighted by atomic mass is 11.7. The summed E-state index contributed by atoms with van der Waals surface area (Å²) in [6.07, 6.45) is 0. The van der Waals surface area contributed by atoms with Gasteiger partial charge in [-0.3, -0.25) is 0 Å². The van der Waals surface area contributed by atoms with Crippen LogP contribution in [0.5, 0.6) is 0 Å². The minimum absolute atomic E-state index is 3.35. The molecule has 0 bridgehead atoms. The predicted molar refractivity (Wildman–Crippen MR) is 16.8 cm³/mol. The van der Waals surface area contributed by atoms with Crippen molar-refractivity contribution in [3.8, 4) is 0 Å². The Morgan fingerprint density at radius 3 is 2.17 bits per heavy atom. The maximum atomic E-state index is 11.0. The first-order valence-corrected chi connectivity index (χ1v) is 2.04. The van der Waals surface area contributed by atoms with Gasteiger partial charge in [-0.25, -0.2) is 4.21 Å². The van der Waals surface area contributed by atoms with Crippen molar-refractivity contribution in [3.05, 3.63) is 0 Å². The van der Waals surface area contributed by atoms with Crippen LogP contribution in [0.2, 0.25) is 0 Å². The zero-order valence-electron chi connectivity index (χ0n) is 3.52. The molecule has 0 rings (SSSR count). The standard InChI is InChI=1S/CH2F2O2S/c2-1(3)6(4)5/h1H,(H,4,5)/i1D. The highest BCUT2D eigenvalue weighted by atomic mass is 32.2. The summed E-state index contributed by atoms with van der Waals surface area (Å²) >= 11 is -3.35. The molecule has 1 atom stereocenters. The fraction of sp³-hybridized carbons (Fsp3) is 1.00. The van der Waals surface area contributed by atoms with Gasteiger partial charge in [-0.05, 0) is 0 Å². The molecule has 1 unspecified atom stereocenters. The number of hydrogen-bond acceptors (Lipinski definition) is 1. The van der Waals surface area contributed by atoms with Crippen LogP contribution in [-0.4, -0.2) is 14.5 Å². The van der Waals surface area contributed by atoms with Crippen LogP contribution in [0.4, 0.5) is 8.78 Å². The molecular weight excluding hydrogens is 114 g/mol. The lowest BCUT2D eigenvalue weighted by molar-refractivity contribution is 0.231. The van der Waals surface area contributed by atoms with Crippen LogP contribution in [0.3, 0.4) is 0 Å². The molecule has 2 nitrogen and oxygen atoms in total. The number of alkyl halides is 2. The molecule has 0 aromatic rings. The summed E-state index contributed by atoms with van der Waals surface area (Å²) in [5.74, 6) is 0. The molecule has 0 saturated carbocycles. The lowest BCUT2D eigenvalue weighted by Crippen LogP contribution is -1.97. The number of rotatable bonds is 1. The molecule has 0 aromatic heterocycles. The topological polar surface area (TPSA) is 37.3 Å². The first-order valence-electron chi connectivity index (χ1n) is 1.43. The van der Waals surface area contributed by atoms with E-state index in [9.17, 15) is 13.0 Å². The van der Waals surface area contributed by atoms with Crippen molar-refractivity contribution in [2.75, 3.05) is 0 Å². The van der Waals surface area contributed by atoms with Crippen LogP contribution < -0.4 is 0 Å². The van der Waals surface area contributed by atoms with Crippen LogP contribution in [0.1, 0.15) is 1.37 Å². The van der Waals surface area contributed by atoms with Crippen LogP contribution in [-0.2, 0) is 11.1 Å². The van der Waals surface area contributed by atoms with E-state index in [1.54, 1.807) is 0 Å². The molecule has 0 aliphatic carbocycles. The Bertz CT molecular complexity index is 88.2. The molecule has 38 valence electrons. The monoisotopic (exact) mass is 117 g/mol. The zero-order chi connectivity index (χ0) is 6.08. The Balaban J connectivity index is 3.79. The molecule has 0 heterocycles. The average Bonchev–Trinajstić information content (AvgIpc) is 1.31. The molecule has 0 aromatic carbocycles. The van der Waals surface area contributed by atoms with Crippen LogP contribution >= 0.6 is 0 Å². The second kappa shape index (κ2) is 2.20. The van der Waals surface area contributed by atoms with E-state index in [0.29, 0.717) is 0 Å². The predicted octanol–water partition coefficient (Wildman–Crippen LogP) is 0.431. The maximum Gasteiger partial charge on any atom is 0.336 e. The summed E-state index contributed by atoms with van der Waals surface area (Å²) in [5, 5.41) is 0. The number of hydrogen-bond donors (Lipinski definition) is 1. The van der Waals surface area contributed by atoms with E-state index in [4.69, 9.17) is 5.92 Å². The van der Waals surface area contributed by atoms with Crippen molar-refractivity contribution in [1.82, 2.24) is 0 Å². The largest absolute Gasteiger partial charge is 0.336 e. The molecule has 0 radical (unpaired) electrons. The summed E-state index contributed by atoms with van der Waals surface area (Å²) in [6.45, 7) is 0. The Kier molecular flexibility index (Phi) is 1.52. The van der Waals surface area contributed by atoms with Gasteiger partial charge < -0.3 is 4.55 Å². The molecule has 5 heteroatoms. The summed E-state index contributed by atoms with van der Waals surface area (Å²) in [7, 11) is 0. The van der Waals surface area contributed by atoms with Gasteiger partial charge in [0.25, 0.3) is 0 Å². The van der Waals surface area contributed by atoms with E-state index < -0.39 is 16.8 Å². The van der Waals surface area contributed by atoms with Crippen molar-refractivity contribution >= 4 is 11.1 Å². The third-order valence-electron chi connectivity index (χ3n) is 0.132. The first-order chi connectivity index (χ1) is 2.94. The molecule has 0 saturated heterocycles. The molecule has 6 heavy (non-hydrogen) atoms. The van der Waals surface area contributed by atoms with Gasteiger partial charge in [0, 0.05) is 0 Å². The third-order valence-corrected chi connectivity index (χ3v) is 0.396. The number of halogens is 2. The lowest BCUT2D eigenvalue weighted by Gasteiger charge is -1.82. The first kappa shape index (κ1) is 4.14. The van der Waals surface area contributed by atoms with E-state index in [0.717, 1.165) is 0 Å². The van der Waals surface area contributed by atoms with Gasteiger partial charge >= 0.3 is 5.73 Å². The second-order valence-electron chi connectivity index (χ2n) is 0.475. The second-order valence-corrected chi connectivity index (χ2v) is 1.28. The van der Waals surface area contributed by atoms with Crippen molar-refractivity contribution in [3.63, 3.8) is 0 Å². The van der Waals surface area contributed by atoms with Gasteiger partial charge in [-0.2, -0.15) is 8.78 Å². The van der Waals surface area contributed by atoms with E-state index in [-0.39, 0.29) is 0 Å². The van der Waals surface area contributed by atoms with Gasteiger partial charge in [0.1, 0.15) is 1.37 Å². The van der Waals surface area contributed by atoms with E-state index >= 15 is 0 Å². The average molecular weight is 117 g/mol. The van der Waals surface area contributed by atoms with Crippen LogP contribution in [0, 0.1) is 0 Å². The quantitative estimate of drug-likeness (QED) is 0.505. The van der Waals surface area contributed by atoms with Gasteiger partial charge in [0.15, 0.2) is 0 Å². The van der Waals surface area contributed by atoms with Crippen molar-refractivity contribution in [1.29, 1.82) is 0 Å². The Morgan fingerprint density at radius 1 is 2.00 bits per heavy atom. The van der Waals surface area contributed by atoms with Crippen molar-refractivity contribution in [2.45, 2.75) is 5.73 Å². The SMILES string of the molecule is [2H]C(F)(F)S(=O)O. The van der Waals surface area contributed by atoms with Crippen molar-refractivity contribution in [2.24, 2.45) is 0 Å². The zero-order valence-corrected chi connectivity index (χ0v) is 3.34. The fourth-order valence-corrected chi connectivity index (χ4v) is 0. The van der Waals surface area contributed by atoms with Gasteiger partial charge in [0.05, 0.1) is 0 Å².